The summed E-state index contributed by atoms with van der Waals surface area (Å²) in [7, 11) is 0. The lowest BCUT2D eigenvalue weighted by molar-refractivity contribution is -0.153. The van der Waals surface area contributed by atoms with Crippen LogP contribution >= 0.6 is 0 Å². The van der Waals surface area contributed by atoms with Gasteiger partial charge in [-0.1, -0.05) is 18.2 Å². The average Bonchev–Trinajstić information content (AvgIpc) is 2.82. The van der Waals surface area contributed by atoms with Gasteiger partial charge in [0.05, 0.1) is 24.2 Å². The second kappa shape index (κ2) is 11.0. The lowest BCUT2D eigenvalue weighted by Gasteiger charge is -2.36. The van der Waals surface area contributed by atoms with E-state index in [9.17, 15) is 48.0 Å². The fraction of sp³-hybridized carbons (Fsp3) is 0.423. The smallest absolute Gasteiger partial charge is 0.416 e. The maximum Gasteiger partial charge on any atom is 0.416 e. The zero-order valence-corrected chi connectivity index (χ0v) is 19.8. The molecule has 8 nitrogen and oxygen atoms in total. The summed E-state index contributed by atoms with van der Waals surface area (Å²) in [6.07, 6.45) is -5.38. The molecule has 1 amide bonds. The van der Waals surface area contributed by atoms with E-state index in [1.807, 2.05) is 0 Å². The lowest BCUT2D eigenvalue weighted by Crippen LogP contribution is -2.51. The highest BCUT2D eigenvalue weighted by molar-refractivity contribution is 6.03. The Bertz CT molecular complexity index is 1180. The molecule has 0 fully saturated rings. The Morgan fingerprint density at radius 1 is 1.05 bits per heavy atom. The normalized spacial score (nSPS) is 18.1. The Morgan fingerprint density at radius 2 is 1.70 bits per heavy atom. The molecule has 1 aliphatic rings. The number of Topliss-reactive ketones (excluding diaryl/α,β-unsaturated/α-hetero) is 2. The minimum absolute atomic E-state index is 0.00455. The second-order valence-corrected chi connectivity index (χ2v) is 9.35. The van der Waals surface area contributed by atoms with Crippen molar-refractivity contribution in [3.05, 3.63) is 53.1 Å². The van der Waals surface area contributed by atoms with Crippen LogP contribution in [0.25, 0.3) is 11.1 Å². The zero-order valence-electron chi connectivity index (χ0n) is 19.8. The van der Waals surface area contributed by atoms with E-state index in [1.165, 1.54) is 24.3 Å². The first-order valence-corrected chi connectivity index (χ1v) is 11.6. The highest BCUT2D eigenvalue weighted by Gasteiger charge is 2.45. The Labute approximate surface area is 210 Å². The summed E-state index contributed by atoms with van der Waals surface area (Å²) in [5, 5.41) is 40.7. The van der Waals surface area contributed by atoms with Crippen LogP contribution in [0, 0.1) is 11.8 Å². The summed E-state index contributed by atoms with van der Waals surface area (Å²) in [5.74, 6) is -4.25. The third kappa shape index (κ3) is 6.00. The third-order valence-corrected chi connectivity index (χ3v) is 6.89. The molecule has 37 heavy (non-hydrogen) atoms. The predicted molar refractivity (Wildman–Crippen MR) is 125 cm³/mol. The highest BCUT2D eigenvalue weighted by Crippen LogP contribution is 2.42. The fourth-order valence-electron chi connectivity index (χ4n) is 5.03. The fourth-order valence-corrected chi connectivity index (χ4v) is 5.03. The van der Waals surface area contributed by atoms with E-state index in [2.05, 4.69) is 0 Å². The van der Waals surface area contributed by atoms with Crippen molar-refractivity contribution < 1.29 is 48.0 Å². The molecule has 0 unspecified atom stereocenters. The van der Waals surface area contributed by atoms with Crippen LogP contribution in [0.3, 0.4) is 0 Å². The summed E-state index contributed by atoms with van der Waals surface area (Å²) in [5.41, 5.74) is 3.14. The maximum atomic E-state index is 13.0. The number of amides is 1. The van der Waals surface area contributed by atoms with Gasteiger partial charge < -0.3 is 26.2 Å². The quantitative estimate of drug-likeness (QED) is 0.299. The van der Waals surface area contributed by atoms with Gasteiger partial charge in [0, 0.05) is 13.0 Å². The van der Waals surface area contributed by atoms with Crippen molar-refractivity contribution in [2.75, 3.05) is 13.2 Å². The molecular formula is C26H28F3NO7. The van der Waals surface area contributed by atoms with Crippen LogP contribution in [0.4, 0.5) is 13.2 Å². The first-order valence-electron chi connectivity index (χ1n) is 11.6. The molecule has 2 aromatic rings. The Kier molecular flexibility index (Phi) is 8.41. The third-order valence-electron chi connectivity index (χ3n) is 6.89. The van der Waals surface area contributed by atoms with Gasteiger partial charge in [-0.3, -0.25) is 14.4 Å². The number of benzene rings is 2. The van der Waals surface area contributed by atoms with Crippen molar-refractivity contribution >= 4 is 17.5 Å². The molecule has 3 atom stereocenters. The van der Waals surface area contributed by atoms with Crippen LogP contribution in [0.5, 0.6) is 5.75 Å². The number of aliphatic hydroxyl groups excluding tert-OH is 2. The van der Waals surface area contributed by atoms with Crippen LogP contribution in [-0.2, 0) is 22.2 Å². The van der Waals surface area contributed by atoms with Gasteiger partial charge >= 0.3 is 6.18 Å². The number of ketones is 2. The van der Waals surface area contributed by atoms with Crippen molar-refractivity contribution in [1.29, 1.82) is 0 Å². The molecule has 200 valence electrons. The van der Waals surface area contributed by atoms with Crippen LogP contribution in [-0.4, -0.2) is 56.7 Å². The van der Waals surface area contributed by atoms with Gasteiger partial charge in [-0.2, -0.15) is 13.2 Å². The predicted octanol–water partition coefficient (Wildman–Crippen LogP) is 2.38. The van der Waals surface area contributed by atoms with Gasteiger partial charge in [-0.15, -0.1) is 0 Å². The SMILES string of the molecule is NC(=O)CC(=O)[C@@](O)(CO)[C@H](CCO)C[C@H]1CC(=O)c2c(O)ccc(-c3ccc(C(F)(F)F)cc3)c2C1. The van der Waals surface area contributed by atoms with Crippen molar-refractivity contribution in [2.45, 2.75) is 43.9 Å². The van der Waals surface area contributed by atoms with Gasteiger partial charge in [0.15, 0.2) is 11.6 Å². The Balaban J connectivity index is 1.97. The second-order valence-electron chi connectivity index (χ2n) is 9.35. The largest absolute Gasteiger partial charge is 0.507 e. The van der Waals surface area contributed by atoms with Crippen molar-refractivity contribution in [3.63, 3.8) is 0 Å². The zero-order chi connectivity index (χ0) is 27.5. The molecule has 0 aliphatic heterocycles. The first kappa shape index (κ1) is 28.3. The molecule has 0 saturated heterocycles. The number of hydrogen-bond donors (Lipinski definition) is 5. The molecule has 2 aromatic carbocycles. The highest BCUT2D eigenvalue weighted by atomic mass is 19.4. The number of halogens is 3. The summed E-state index contributed by atoms with van der Waals surface area (Å²) in [6, 6.07) is 7.17. The van der Waals surface area contributed by atoms with E-state index >= 15 is 0 Å². The van der Waals surface area contributed by atoms with Crippen LogP contribution in [0.2, 0.25) is 0 Å². The van der Waals surface area contributed by atoms with E-state index in [4.69, 9.17) is 5.73 Å². The molecule has 1 aliphatic carbocycles. The number of hydrogen-bond acceptors (Lipinski definition) is 7. The molecule has 0 radical (unpaired) electrons. The number of phenols is 1. The van der Waals surface area contributed by atoms with Crippen molar-refractivity contribution in [1.82, 2.24) is 0 Å². The number of fused-ring (bicyclic) bond motifs is 1. The summed E-state index contributed by atoms with van der Waals surface area (Å²) >= 11 is 0. The average molecular weight is 524 g/mol. The van der Waals surface area contributed by atoms with Crippen LogP contribution in [0.1, 0.15) is 47.2 Å². The van der Waals surface area contributed by atoms with E-state index in [1.54, 1.807) is 0 Å². The number of carbonyl (C=O) groups is 3. The number of carbonyl (C=O) groups excluding carboxylic acids is 3. The lowest BCUT2D eigenvalue weighted by atomic mass is 9.71. The maximum absolute atomic E-state index is 13.0. The molecule has 0 aromatic heterocycles. The monoisotopic (exact) mass is 523 g/mol. The molecule has 3 rings (SSSR count). The molecule has 6 N–H and O–H groups in total. The van der Waals surface area contributed by atoms with Crippen molar-refractivity contribution in [2.24, 2.45) is 17.6 Å². The molecule has 0 bridgehead atoms. The van der Waals surface area contributed by atoms with Gasteiger partial charge in [0.1, 0.15) is 11.4 Å². The molecular weight excluding hydrogens is 495 g/mol. The molecule has 11 heteroatoms. The van der Waals surface area contributed by atoms with E-state index in [-0.39, 0.29) is 37.0 Å². The van der Waals surface area contributed by atoms with E-state index in [0.29, 0.717) is 16.7 Å². The van der Waals surface area contributed by atoms with Gasteiger partial charge in [0.2, 0.25) is 5.91 Å². The van der Waals surface area contributed by atoms with E-state index in [0.717, 1.165) is 12.1 Å². The van der Waals surface area contributed by atoms with Gasteiger partial charge in [0.25, 0.3) is 0 Å². The van der Waals surface area contributed by atoms with E-state index < -0.39 is 66.3 Å². The van der Waals surface area contributed by atoms with Gasteiger partial charge in [-0.25, -0.2) is 0 Å². The summed E-state index contributed by atoms with van der Waals surface area (Å²) in [6.45, 7) is -1.48. The number of aromatic hydroxyl groups is 1. The van der Waals surface area contributed by atoms with Crippen LogP contribution < -0.4 is 5.73 Å². The summed E-state index contributed by atoms with van der Waals surface area (Å²) < 4.78 is 39.0. The number of aliphatic hydroxyl groups is 3. The molecule has 0 heterocycles. The number of phenolic OH excluding ortho intramolecular Hbond substituents is 1. The number of rotatable bonds is 10. The number of primary amides is 1. The molecule has 0 saturated carbocycles. The van der Waals surface area contributed by atoms with Crippen molar-refractivity contribution in [3.8, 4) is 16.9 Å². The topological polar surface area (TPSA) is 158 Å². The number of alkyl halides is 3. The number of nitrogens with two attached hydrogens (primary N) is 1. The summed E-state index contributed by atoms with van der Waals surface area (Å²) in [4.78, 5) is 36.8. The Hall–Kier alpha value is -3.28. The first-order chi connectivity index (χ1) is 17.3. The Morgan fingerprint density at radius 3 is 2.24 bits per heavy atom. The minimum Gasteiger partial charge on any atom is -0.507 e. The van der Waals surface area contributed by atoms with Crippen LogP contribution in [0.15, 0.2) is 36.4 Å². The minimum atomic E-state index is -4.52. The van der Waals surface area contributed by atoms with Gasteiger partial charge in [-0.05, 0) is 66.0 Å². The molecule has 0 spiro atoms. The standard InChI is InChI=1S/C26H28F3NO7/c27-26(28,29)16-3-1-15(2-4-16)18-5-6-20(33)24-19(18)10-14(11-21(24)34)9-17(7-8-31)25(37,13-32)22(35)12-23(30)36/h1-6,14,17,31-33,37H,7-13H2,(H2,30,36)/t14-,17-,25-/m1/s1.